The van der Waals surface area contributed by atoms with Crippen LogP contribution in [0.2, 0.25) is 0 Å². The summed E-state index contributed by atoms with van der Waals surface area (Å²) in [6.45, 7) is 0. The van der Waals surface area contributed by atoms with Gasteiger partial charge in [0.1, 0.15) is 0 Å². The molecule has 5 rings (SSSR count). The molecule has 0 fully saturated rings. The lowest BCUT2D eigenvalue weighted by molar-refractivity contribution is 1.42. The van der Waals surface area contributed by atoms with Crippen LogP contribution in [0.3, 0.4) is 0 Å². The quantitative estimate of drug-likeness (QED) is 0.323. The predicted octanol–water partition coefficient (Wildman–Crippen LogP) is 6.78. The van der Waals surface area contributed by atoms with Gasteiger partial charge in [-0.05, 0) is 45.5 Å². The molecule has 0 spiro atoms. The summed E-state index contributed by atoms with van der Waals surface area (Å²) in [6, 6.07) is 29.9. The topological polar surface area (TPSA) is 12.9 Å². The Labute approximate surface area is 150 Å². The van der Waals surface area contributed by atoms with Gasteiger partial charge in [-0.2, -0.15) is 0 Å². The molecule has 0 aliphatic carbocycles. The molecule has 5 aromatic rings. The maximum Gasteiger partial charge on any atom is 0.0815 e. The average Bonchev–Trinajstić information content (AvgIpc) is 3.22. The van der Waals surface area contributed by atoms with Crippen LogP contribution in [0, 0.1) is 0 Å². The third-order valence-electron chi connectivity index (χ3n) is 4.56. The van der Waals surface area contributed by atoms with Crippen LogP contribution >= 0.6 is 11.3 Å². The highest BCUT2D eigenvalue weighted by atomic mass is 32.1. The van der Waals surface area contributed by atoms with Crippen molar-refractivity contribution in [2.45, 2.75) is 0 Å². The van der Waals surface area contributed by atoms with Gasteiger partial charge in [0.15, 0.2) is 0 Å². The van der Waals surface area contributed by atoms with Crippen molar-refractivity contribution in [1.29, 1.82) is 0 Å². The number of thiophene rings is 1. The number of fused-ring (bicyclic) bond motifs is 3. The highest BCUT2D eigenvalue weighted by Crippen LogP contribution is 2.37. The van der Waals surface area contributed by atoms with Gasteiger partial charge >= 0.3 is 0 Å². The van der Waals surface area contributed by atoms with Gasteiger partial charge in [-0.25, -0.2) is 4.98 Å². The van der Waals surface area contributed by atoms with Gasteiger partial charge in [0.2, 0.25) is 0 Å². The van der Waals surface area contributed by atoms with Crippen LogP contribution in [-0.4, -0.2) is 4.98 Å². The Balaban J connectivity index is 1.94. The van der Waals surface area contributed by atoms with Crippen molar-refractivity contribution in [3.8, 4) is 21.7 Å². The van der Waals surface area contributed by atoms with Gasteiger partial charge in [-0.3, -0.25) is 0 Å². The Morgan fingerprint density at radius 2 is 1.56 bits per heavy atom. The molecule has 0 N–H and O–H groups in total. The van der Waals surface area contributed by atoms with Crippen molar-refractivity contribution in [2.24, 2.45) is 0 Å². The number of benzene rings is 3. The van der Waals surface area contributed by atoms with Gasteiger partial charge in [0, 0.05) is 5.39 Å². The Kier molecular flexibility index (Phi) is 3.36. The van der Waals surface area contributed by atoms with E-state index in [4.69, 9.17) is 4.98 Å². The molecule has 0 amide bonds. The zero-order valence-corrected chi connectivity index (χ0v) is 14.3. The van der Waals surface area contributed by atoms with Crippen LogP contribution in [0.1, 0.15) is 0 Å². The number of nitrogens with zero attached hydrogens (tertiary/aromatic N) is 1. The van der Waals surface area contributed by atoms with Gasteiger partial charge in [-0.1, -0.05) is 66.7 Å². The molecule has 0 saturated heterocycles. The number of hydrogen-bond donors (Lipinski definition) is 0. The molecule has 2 heterocycles. The third kappa shape index (κ3) is 2.43. The highest BCUT2D eigenvalue weighted by Gasteiger charge is 2.12. The normalized spacial score (nSPS) is 11.2. The van der Waals surface area contributed by atoms with Gasteiger partial charge in [0.25, 0.3) is 0 Å². The lowest BCUT2D eigenvalue weighted by Gasteiger charge is -2.12. The van der Waals surface area contributed by atoms with E-state index < -0.39 is 0 Å². The first kappa shape index (κ1) is 14.4. The predicted molar refractivity (Wildman–Crippen MR) is 108 cm³/mol. The summed E-state index contributed by atoms with van der Waals surface area (Å²) < 4.78 is 0. The van der Waals surface area contributed by atoms with Crippen molar-refractivity contribution >= 4 is 33.0 Å². The smallest absolute Gasteiger partial charge is 0.0815 e. The van der Waals surface area contributed by atoms with E-state index in [1.807, 2.05) is 0 Å². The van der Waals surface area contributed by atoms with Crippen LogP contribution in [0.4, 0.5) is 0 Å². The Morgan fingerprint density at radius 3 is 2.40 bits per heavy atom. The second-order valence-corrected chi connectivity index (χ2v) is 7.03. The molecule has 0 saturated carbocycles. The van der Waals surface area contributed by atoms with Crippen molar-refractivity contribution < 1.29 is 0 Å². The van der Waals surface area contributed by atoms with Gasteiger partial charge < -0.3 is 0 Å². The highest BCUT2D eigenvalue weighted by molar-refractivity contribution is 7.13. The standard InChI is InChI=1S/C23H15NS/c1-2-7-16(8-3-1)19-15-21(22-11-6-14-25-22)24-20-13-12-17-9-4-5-10-18(17)23(19)20/h1-15H. The molecule has 0 aliphatic rings. The van der Waals surface area contributed by atoms with E-state index in [0.29, 0.717) is 0 Å². The van der Waals surface area contributed by atoms with E-state index in [2.05, 4.69) is 90.3 Å². The number of rotatable bonds is 2. The Hall–Kier alpha value is -2.97. The van der Waals surface area contributed by atoms with Crippen molar-refractivity contribution in [3.63, 3.8) is 0 Å². The van der Waals surface area contributed by atoms with E-state index in [1.165, 1.54) is 32.2 Å². The largest absolute Gasteiger partial charge is 0.247 e. The van der Waals surface area contributed by atoms with E-state index in [0.717, 1.165) is 11.2 Å². The molecule has 0 radical (unpaired) electrons. The van der Waals surface area contributed by atoms with Crippen molar-refractivity contribution in [3.05, 3.63) is 90.3 Å². The molecule has 2 aromatic heterocycles. The van der Waals surface area contributed by atoms with E-state index in [1.54, 1.807) is 11.3 Å². The van der Waals surface area contributed by atoms with Crippen LogP contribution in [0.25, 0.3) is 43.4 Å². The second-order valence-electron chi connectivity index (χ2n) is 6.08. The molecule has 118 valence electrons. The fourth-order valence-corrected chi connectivity index (χ4v) is 4.09. The lowest BCUT2D eigenvalue weighted by atomic mass is 9.95. The summed E-state index contributed by atoms with van der Waals surface area (Å²) in [6.07, 6.45) is 0. The van der Waals surface area contributed by atoms with Gasteiger partial charge in [-0.15, -0.1) is 11.3 Å². The second kappa shape index (κ2) is 5.83. The first-order valence-electron chi connectivity index (χ1n) is 8.32. The van der Waals surface area contributed by atoms with Crippen molar-refractivity contribution in [1.82, 2.24) is 4.98 Å². The number of hydrogen-bond acceptors (Lipinski definition) is 2. The molecule has 0 unspecified atom stereocenters. The van der Waals surface area contributed by atoms with E-state index >= 15 is 0 Å². The minimum atomic E-state index is 1.04. The summed E-state index contributed by atoms with van der Waals surface area (Å²) in [7, 11) is 0. The summed E-state index contributed by atoms with van der Waals surface area (Å²) in [5.41, 5.74) is 4.55. The minimum absolute atomic E-state index is 1.04. The summed E-state index contributed by atoms with van der Waals surface area (Å²) >= 11 is 1.73. The van der Waals surface area contributed by atoms with E-state index in [-0.39, 0.29) is 0 Å². The third-order valence-corrected chi connectivity index (χ3v) is 5.45. The minimum Gasteiger partial charge on any atom is -0.247 e. The Morgan fingerprint density at radius 1 is 0.720 bits per heavy atom. The summed E-state index contributed by atoms with van der Waals surface area (Å²) in [5.74, 6) is 0. The molecule has 0 atom stereocenters. The van der Waals surface area contributed by atoms with Crippen LogP contribution in [-0.2, 0) is 0 Å². The molecule has 1 nitrogen and oxygen atoms in total. The molecule has 0 aliphatic heterocycles. The fourth-order valence-electron chi connectivity index (χ4n) is 3.40. The van der Waals surface area contributed by atoms with Crippen LogP contribution in [0.5, 0.6) is 0 Å². The lowest BCUT2D eigenvalue weighted by Crippen LogP contribution is -1.90. The molecular formula is C23H15NS. The summed E-state index contributed by atoms with van der Waals surface area (Å²) in [4.78, 5) is 6.17. The molecular weight excluding hydrogens is 322 g/mol. The van der Waals surface area contributed by atoms with E-state index in [9.17, 15) is 0 Å². The first-order valence-corrected chi connectivity index (χ1v) is 9.20. The maximum absolute atomic E-state index is 4.96. The molecule has 25 heavy (non-hydrogen) atoms. The van der Waals surface area contributed by atoms with Crippen molar-refractivity contribution in [2.75, 3.05) is 0 Å². The average molecular weight is 337 g/mol. The summed E-state index contributed by atoms with van der Waals surface area (Å²) in [5, 5.41) is 5.83. The monoisotopic (exact) mass is 337 g/mol. The SMILES string of the molecule is c1ccc(-c2cc(-c3cccs3)nc3ccc4ccccc4c23)cc1. The molecule has 3 aromatic carbocycles. The first-order chi connectivity index (χ1) is 12.4. The molecule has 2 heteroatoms. The Bertz CT molecular complexity index is 1180. The zero-order valence-electron chi connectivity index (χ0n) is 13.5. The molecule has 0 bridgehead atoms. The van der Waals surface area contributed by atoms with Crippen LogP contribution in [0.15, 0.2) is 90.3 Å². The maximum atomic E-state index is 4.96. The fraction of sp³-hybridized carbons (Fsp3) is 0. The number of pyridine rings is 1. The number of aromatic nitrogens is 1. The van der Waals surface area contributed by atoms with Gasteiger partial charge in [0.05, 0.1) is 16.1 Å². The van der Waals surface area contributed by atoms with Crippen LogP contribution < -0.4 is 0 Å². The zero-order chi connectivity index (χ0) is 16.6.